The second kappa shape index (κ2) is 7.10. The Bertz CT molecular complexity index is 262. The van der Waals surface area contributed by atoms with Crippen LogP contribution in [0.4, 0.5) is 0 Å². The van der Waals surface area contributed by atoms with E-state index in [4.69, 9.17) is 0 Å². The molecule has 1 unspecified atom stereocenters. The second-order valence-electron chi connectivity index (χ2n) is 5.77. The lowest BCUT2D eigenvalue weighted by molar-refractivity contribution is -0.122. The molecule has 0 aromatic heterocycles. The van der Waals surface area contributed by atoms with Gasteiger partial charge in [0.05, 0.1) is 6.54 Å². The van der Waals surface area contributed by atoms with E-state index in [1.807, 2.05) is 7.05 Å². The van der Waals surface area contributed by atoms with Crippen LogP contribution in [0, 0.1) is 0 Å². The molecule has 1 atom stereocenters. The average Bonchev–Trinajstić information content (AvgIpc) is 2.65. The van der Waals surface area contributed by atoms with E-state index >= 15 is 0 Å². The maximum Gasteiger partial charge on any atom is 0.234 e. The first-order chi connectivity index (χ1) is 8.78. The van der Waals surface area contributed by atoms with Gasteiger partial charge in [0, 0.05) is 25.2 Å². The fourth-order valence-electron chi connectivity index (χ4n) is 3.11. The summed E-state index contributed by atoms with van der Waals surface area (Å²) in [4.78, 5) is 14.3. The molecular weight excluding hydrogens is 226 g/mol. The third-order valence-corrected chi connectivity index (χ3v) is 4.27. The van der Waals surface area contributed by atoms with Gasteiger partial charge in [-0.3, -0.25) is 9.69 Å². The molecule has 104 valence electrons. The van der Waals surface area contributed by atoms with Crippen LogP contribution in [0.25, 0.3) is 0 Å². The van der Waals surface area contributed by atoms with Crippen molar-refractivity contribution in [2.24, 2.45) is 0 Å². The molecule has 0 bridgehead atoms. The molecule has 0 aromatic carbocycles. The van der Waals surface area contributed by atoms with Crippen molar-refractivity contribution in [2.75, 3.05) is 26.7 Å². The lowest BCUT2D eigenvalue weighted by Gasteiger charge is -2.20. The van der Waals surface area contributed by atoms with Crippen LogP contribution in [0.15, 0.2) is 0 Å². The maximum atomic E-state index is 12.0. The fraction of sp³-hybridized carbons (Fsp3) is 0.929. The molecule has 1 aliphatic heterocycles. The summed E-state index contributed by atoms with van der Waals surface area (Å²) in [7, 11) is 2.00. The maximum absolute atomic E-state index is 12.0. The minimum atomic E-state index is 0.221. The fourth-order valence-corrected chi connectivity index (χ4v) is 3.11. The van der Waals surface area contributed by atoms with Crippen LogP contribution in [-0.4, -0.2) is 49.6 Å². The quantitative estimate of drug-likeness (QED) is 0.738. The van der Waals surface area contributed by atoms with Crippen LogP contribution < -0.4 is 10.6 Å². The van der Waals surface area contributed by atoms with Gasteiger partial charge in [-0.2, -0.15) is 0 Å². The second-order valence-corrected chi connectivity index (χ2v) is 5.77. The third-order valence-electron chi connectivity index (χ3n) is 4.27. The van der Waals surface area contributed by atoms with Crippen LogP contribution in [-0.2, 0) is 4.79 Å². The van der Waals surface area contributed by atoms with E-state index in [1.54, 1.807) is 0 Å². The molecule has 1 saturated heterocycles. The van der Waals surface area contributed by atoms with Crippen molar-refractivity contribution in [3.63, 3.8) is 0 Å². The summed E-state index contributed by atoms with van der Waals surface area (Å²) < 4.78 is 0. The zero-order valence-corrected chi connectivity index (χ0v) is 11.6. The van der Waals surface area contributed by atoms with E-state index in [2.05, 4.69) is 15.5 Å². The Morgan fingerprint density at radius 3 is 2.44 bits per heavy atom. The smallest absolute Gasteiger partial charge is 0.234 e. The Labute approximate surface area is 110 Å². The number of likely N-dealkylation sites (N-methyl/N-ethyl adjacent to an activating group) is 1. The molecule has 18 heavy (non-hydrogen) atoms. The largest absolute Gasteiger partial charge is 0.352 e. The van der Waals surface area contributed by atoms with E-state index < -0.39 is 0 Å². The van der Waals surface area contributed by atoms with Crippen molar-refractivity contribution < 1.29 is 4.79 Å². The van der Waals surface area contributed by atoms with Crippen LogP contribution in [0.2, 0.25) is 0 Å². The van der Waals surface area contributed by atoms with Gasteiger partial charge in [0.15, 0.2) is 0 Å². The van der Waals surface area contributed by atoms with Gasteiger partial charge < -0.3 is 10.6 Å². The minimum absolute atomic E-state index is 0.221. The van der Waals surface area contributed by atoms with E-state index in [-0.39, 0.29) is 5.91 Å². The van der Waals surface area contributed by atoms with Crippen molar-refractivity contribution in [1.82, 2.24) is 15.5 Å². The monoisotopic (exact) mass is 253 g/mol. The number of carbonyl (C=O) groups is 1. The normalized spacial score (nSPS) is 27.1. The Hall–Kier alpha value is -0.610. The van der Waals surface area contributed by atoms with Crippen molar-refractivity contribution in [2.45, 2.75) is 57.0 Å². The highest BCUT2D eigenvalue weighted by molar-refractivity contribution is 5.78. The summed E-state index contributed by atoms with van der Waals surface area (Å²) in [5.74, 6) is 0.221. The first kappa shape index (κ1) is 13.8. The molecule has 4 nitrogen and oxygen atoms in total. The molecule has 2 aliphatic rings. The number of rotatable bonds is 4. The van der Waals surface area contributed by atoms with Gasteiger partial charge >= 0.3 is 0 Å². The van der Waals surface area contributed by atoms with Gasteiger partial charge in [0.25, 0.3) is 0 Å². The number of nitrogens with one attached hydrogen (secondary N) is 2. The first-order valence-electron chi connectivity index (χ1n) is 7.47. The number of amides is 1. The Morgan fingerprint density at radius 2 is 1.83 bits per heavy atom. The summed E-state index contributed by atoms with van der Waals surface area (Å²) in [6.07, 6.45) is 8.72. The van der Waals surface area contributed by atoms with E-state index in [1.165, 1.54) is 38.5 Å². The average molecular weight is 253 g/mol. The number of hydrogen-bond acceptors (Lipinski definition) is 3. The highest BCUT2D eigenvalue weighted by Gasteiger charge is 2.23. The van der Waals surface area contributed by atoms with Gasteiger partial charge in [0.2, 0.25) is 5.91 Å². The van der Waals surface area contributed by atoms with Crippen molar-refractivity contribution in [3.8, 4) is 0 Å². The Morgan fingerprint density at radius 1 is 1.11 bits per heavy atom. The molecule has 0 aromatic rings. The summed E-state index contributed by atoms with van der Waals surface area (Å²) >= 11 is 0. The lowest BCUT2D eigenvalue weighted by atomic mass is 10.1. The van der Waals surface area contributed by atoms with E-state index in [9.17, 15) is 4.79 Å². The molecule has 4 heteroatoms. The Balaban J connectivity index is 1.68. The standard InChI is InChI=1S/C14H27N3O/c1-15-13-8-9-17(10-13)11-14(18)16-12-6-4-2-3-5-7-12/h12-13,15H,2-11H2,1H3,(H,16,18). The lowest BCUT2D eigenvalue weighted by Crippen LogP contribution is -2.42. The molecule has 1 amide bonds. The van der Waals surface area contributed by atoms with Gasteiger partial charge in [-0.1, -0.05) is 25.7 Å². The predicted octanol–water partition coefficient (Wildman–Crippen LogP) is 1.12. The summed E-state index contributed by atoms with van der Waals surface area (Å²) in [5, 5.41) is 6.50. The topological polar surface area (TPSA) is 44.4 Å². The zero-order valence-electron chi connectivity index (χ0n) is 11.6. The SMILES string of the molecule is CNC1CCN(CC(=O)NC2CCCCCC2)C1. The van der Waals surface area contributed by atoms with Crippen molar-refractivity contribution >= 4 is 5.91 Å². The number of carbonyl (C=O) groups excluding carboxylic acids is 1. The van der Waals surface area contributed by atoms with Crippen LogP contribution in [0.3, 0.4) is 0 Å². The highest BCUT2D eigenvalue weighted by Crippen LogP contribution is 2.17. The molecule has 2 fully saturated rings. The first-order valence-corrected chi connectivity index (χ1v) is 7.47. The summed E-state index contributed by atoms with van der Waals surface area (Å²) in [6.45, 7) is 2.63. The minimum Gasteiger partial charge on any atom is -0.352 e. The molecular formula is C14H27N3O. The molecule has 1 aliphatic carbocycles. The highest BCUT2D eigenvalue weighted by atomic mass is 16.2. The molecule has 2 rings (SSSR count). The van der Waals surface area contributed by atoms with Crippen LogP contribution >= 0.6 is 0 Å². The van der Waals surface area contributed by atoms with Gasteiger partial charge in [-0.15, -0.1) is 0 Å². The van der Waals surface area contributed by atoms with E-state index in [0.717, 1.165) is 19.5 Å². The van der Waals surface area contributed by atoms with Crippen LogP contribution in [0.5, 0.6) is 0 Å². The summed E-state index contributed by atoms with van der Waals surface area (Å²) in [5.41, 5.74) is 0. The number of nitrogens with zero attached hydrogens (tertiary/aromatic N) is 1. The van der Waals surface area contributed by atoms with Gasteiger partial charge in [-0.05, 0) is 26.3 Å². The molecule has 1 saturated carbocycles. The summed E-state index contributed by atoms with van der Waals surface area (Å²) in [6, 6.07) is 0.999. The number of hydrogen-bond donors (Lipinski definition) is 2. The predicted molar refractivity (Wildman–Crippen MR) is 73.5 cm³/mol. The molecule has 2 N–H and O–H groups in total. The van der Waals surface area contributed by atoms with Crippen molar-refractivity contribution in [3.05, 3.63) is 0 Å². The molecule has 0 spiro atoms. The van der Waals surface area contributed by atoms with Gasteiger partial charge in [-0.25, -0.2) is 0 Å². The molecule has 0 radical (unpaired) electrons. The third kappa shape index (κ3) is 4.25. The van der Waals surface area contributed by atoms with Gasteiger partial charge in [0.1, 0.15) is 0 Å². The zero-order chi connectivity index (χ0) is 12.8. The molecule has 1 heterocycles. The number of likely N-dealkylation sites (tertiary alicyclic amines) is 1. The Kier molecular flexibility index (Phi) is 5.45. The van der Waals surface area contributed by atoms with E-state index in [0.29, 0.717) is 18.6 Å². The van der Waals surface area contributed by atoms with Crippen LogP contribution in [0.1, 0.15) is 44.9 Å². The van der Waals surface area contributed by atoms with Crippen molar-refractivity contribution in [1.29, 1.82) is 0 Å².